The van der Waals surface area contributed by atoms with Gasteiger partial charge in [-0.05, 0) is 33.8 Å². The van der Waals surface area contributed by atoms with E-state index in [1.165, 1.54) is 0 Å². The van der Waals surface area contributed by atoms with Crippen molar-refractivity contribution < 1.29 is 9.84 Å². The average molecular weight is 273 g/mol. The quantitative estimate of drug-likeness (QED) is 0.466. The van der Waals surface area contributed by atoms with Gasteiger partial charge in [0, 0.05) is 5.56 Å². The maximum atomic E-state index is 10.5. The van der Waals surface area contributed by atoms with Crippen LogP contribution in [0.3, 0.4) is 0 Å². The van der Waals surface area contributed by atoms with Crippen LogP contribution >= 0.6 is 0 Å². The molecule has 5 nitrogen and oxygen atoms in total. The van der Waals surface area contributed by atoms with Crippen LogP contribution < -0.4 is 10.1 Å². The van der Waals surface area contributed by atoms with Gasteiger partial charge in [-0.15, -0.1) is 0 Å². The summed E-state index contributed by atoms with van der Waals surface area (Å²) in [4.78, 5) is 3.66. The molecule has 1 aliphatic rings. The van der Waals surface area contributed by atoms with Gasteiger partial charge in [0.25, 0.3) is 0 Å². The Balaban J connectivity index is 2.45. The summed E-state index contributed by atoms with van der Waals surface area (Å²) in [7, 11) is 0. The summed E-state index contributed by atoms with van der Waals surface area (Å²) < 4.78 is 5.86. The molecule has 0 bridgehead atoms. The van der Waals surface area contributed by atoms with Crippen LogP contribution in [-0.4, -0.2) is 22.6 Å². The fourth-order valence-electron chi connectivity index (χ4n) is 2.41. The number of aliphatic hydroxyl groups is 1. The molecule has 0 radical (unpaired) electrons. The topological polar surface area (TPSA) is 77.6 Å². The van der Waals surface area contributed by atoms with Gasteiger partial charge in [0.15, 0.2) is 0 Å². The molecule has 20 heavy (non-hydrogen) atoms. The van der Waals surface area contributed by atoms with E-state index in [1.807, 2.05) is 39.0 Å². The molecule has 0 saturated heterocycles. The Bertz CT molecular complexity index is 587. The Morgan fingerprint density at radius 3 is 2.85 bits per heavy atom. The minimum absolute atomic E-state index is 0.356. The molecule has 0 amide bonds. The number of aryl methyl sites for hydroxylation is 1. The van der Waals surface area contributed by atoms with Crippen molar-refractivity contribution in [3.63, 3.8) is 0 Å². The molecule has 0 fully saturated rings. The number of benzene rings is 1. The van der Waals surface area contributed by atoms with Gasteiger partial charge in [0.05, 0.1) is 6.04 Å². The zero-order valence-electron chi connectivity index (χ0n) is 12.1. The molecule has 0 spiro atoms. The zero-order chi connectivity index (χ0) is 14.9. The highest BCUT2D eigenvalue weighted by atomic mass is 16.5. The summed E-state index contributed by atoms with van der Waals surface area (Å²) in [6.45, 7) is 7.37. The van der Waals surface area contributed by atoms with Crippen LogP contribution in [0.5, 0.6) is 5.75 Å². The lowest BCUT2D eigenvalue weighted by atomic mass is 9.86. The van der Waals surface area contributed by atoms with E-state index in [-0.39, 0.29) is 6.04 Å². The number of fused-ring (bicyclic) bond motifs is 1. The highest BCUT2D eigenvalue weighted by molar-refractivity contribution is 5.81. The van der Waals surface area contributed by atoms with Crippen LogP contribution in [0.25, 0.3) is 0 Å². The van der Waals surface area contributed by atoms with Crippen molar-refractivity contribution in [3.8, 4) is 11.9 Å². The first-order valence-corrected chi connectivity index (χ1v) is 6.52. The van der Waals surface area contributed by atoms with Crippen molar-refractivity contribution in [3.05, 3.63) is 29.3 Å². The summed E-state index contributed by atoms with van der Waals surface area (Å²) in [6.07, 6.45) is 0.991. The summed E-state index contributed by atoms with van der Waals surface area (Å²) >= 11 is 0. The van der Waals surface area contributed by atoms with Gasteiger partial charge >= 0.3 is 0 Å². The molecule has 106 valence electrons. The summed E-state index contributed by atoms with van der Waals surface area (Å²) in [5.74, 6) is 1.22. The van der Waals surface area contributed by atoms with Gasteiger partial charge in [-0.2, -0.15) is 10.3 Å². The number of rotatable bonds is 1. The highest BCUT2D eigenvalue weighted by Crippen LogP contribution is 2.40. The van der Waals surface area contributed by atoms with Crippen molar-refractivity contribution in [2.75, 3.05) is 0 Å². The molecule has 2 rings (SSSR count). The lowest BCUT2D eigenvalue weighted by molar-refractivity contribution is -0.0610. The van der Waals surface area contributed by atoms with Crippen LogP contribution in [0, 0.1) is 18.4 Å². The third-order valence-electron chi connectivity index (χ3n) is 3.48. The summed E-state index contributed by atoms with van der Waals surface area (Å²) in [5.41, 5.74) is 1.25. The van der Waals surface area contributed by atoms with Gasteiger partial charge < -0.3 is 15.2 Å². The van der Waals surface area contributed by atoms with E-state index >= 15 is 0 Å². The second-order valence-electron chi connectivity index (χ2n) is 5.61. The normalized spacial score (nSPS) is 24.3. The fourth-order valence-corrected chi connectivity index (χ4v) is 2.41. The molecule has 5 heteroatoms. The van der Waals surface area contributed by atoms with Crippen molar-refractivity contribution in [1.29, 1.82) is 5.26 Å². The molecule has 1 aromatic carbocycles. The van der Waals surface area contributed by atoms with Crippen molar-refractivity contribution in [2.24, 2.45) is 4.99 Å². The lowest BCUT2D eigenvalue weighted by Gasteiger charge is -2.42. The Kier molecular flexibility index (Phi) is 3.69. The Morgan fingerprint density at radius 1 is 1.50 bits per heavy atom. The first-order chi connectivity index (χ1) is 9.35. The van der Waals surface area contributed by atoms with Gasteiger partial charge in [-0.3, -0.25) is 0 Å². The van der Waals surface area contributed by atoms with Crippen LogP contribution in [0.1, 0.15) is 37.9 Å². The molecule has 1 heterocycles. The SMILES string of the molecule is C/C(=N\C#N)N[C@H]1c2cc(C)ccc2OC(C)(C)[C@@H]1O. The number of amidine groups is 1. The molecule has 0 unspecified atom stereocenters. The molecular weight excluding hydrogens is 254 g/mol. The molecule has 0 aromatic heterocycles. The van der Waals surface area contributed by atoms with E-state index in [9.17, 15) is 5.11 Å². The smallest absolute Gasteiger partial charge is 0.207 e. The summed E-state index contributed by atoms with van der Waals surface area (Å²) in [5, 5.41) is 22.2. The number of aliphatic imine (C=N–C) groups is 1. The predicted molar refractivity (Wildman–Crippen MR) is 76.5 cm³/mol. The van der Waals surface area contributed by atoms with Crippen LogP contribution in [-0.2, 0) is 0 Å². The lowest BCUT2D eigenvalue weighted by Crippen LogP contribution is -2.53. The van der Waals surface area contributed by atoms with Crippen LogP contribution in [0.4, 0.5) is 0 Å². The van der Waals surface area contributed by atoms with E-state index in [1.54, 1.807) is 13.1 Å². The molecule has 2 N–H and O–H groups in total. The average Bonchev–Trinajstić information content (AvgIpc) is 2.36. The Labute approximate surface area is 118 Å². The molecule has 1 aromatic rings. The molecule has 0 aliphatic carbocycles. The third-order valence-corrected chi connectivity index (χ3v) is 3.48. The van der Waals surface area contributed by atoms with E-state index in [0.29, 0.717) is 5.84 Å². The van der Waals surface area contributed by atoms with E-state index in [4.69, 9.17) is 10.00 Å². The van der Waals surface area contributed by atoms with Gasteiger partial charge in [-0.25, -0.2) is 0 Å². The second-order valence-corrected chi connectivity index (χ2v) is 5.61. The number of nitriles is 1. The zero-order valence-corrected chi connectivity index (χ0v) is 12.1. The maximum absolute atomic E-state index is 10.5. The summed E-state index contributed by atoms with van der Waals surface area (Å²) in [6, 6.07) is 5.50. The number of nitrogens with one attached hydrogen (secondary N) is 1. The predicted octanol–water partition coefficient (Wildman–Crippen LogP) is 2.06. The number of hydrogen-bond acceptors (Lipinski definition) is 4. The first kappa shape index (κ1) is 14.4. The maximum Gasteiger partial charge on any atom is 0.207 e. The van der Waals surface area contributed by atoms with Crippen molar-refractivity contribution in [1.82, 2.24) is 5.32 Å². The minimum Gasteiger partial charge on any atom is -0.485 e. The minimum atomic E-state index is -0.749. The van der Waals surface area contributed by atoms with Gasteiger partial charge in [0.1, 0.15) is 23.3 Å². The standard InChI is InChI=1S/C15H19N3O2/c1-9-5-6-12-11(7-9)13(18-10(2)17-8-16)14(19)15(3,4)20-12/h5-7,13-14,19H,1-4H3,(H,17,18)/t13-,14+/m0/s1. The molecular formula is C15H19N3O2. The molecule has 2 atom stereocenters. The number of nitrogens with zero attached hydrogens (tertiary/aromatic N) is 2. The second kappa shape index (κ2) is 5.14. The van der Waals surface area contributed by atoms with Crippen molar-refractivity contribution in [2.45, 2.75) is 45.4 Å². The molecule has 1 aliphatic heterocycles. The van der Waals surface area contributed by atoms with E-state index < -0.39 is 11.7 Å². The van der Waals surface area contributed by atoms with Crippen molar-refractivity contribution >= 4 is 5.84 Å². The molecule has 0 saturated carbocycles. The van der Waals surface area contributed by atoms with E-state index in [2.05, 4.69) is 10.3 Å². The number of hydrogen-bond donors (Lipinski definition) is 2. The highest BCUT2D eigenvalue weighted by Gasteiger charge is 2.43. The van der Waals surface area contributed by atoms with Crippen LogP contribution in [0.15, 0.2) is 23.2 Å². The Morgan fingerprint density at radius 2 is 2.20 bits per heavy atom. The third kappa shape index (κ3) is 2.61. The monoisotopic (exact) mass is 273 g/mol. The number of aliphatic hydroxyl groups excluding tert-OH is 1. The Hall–Kier alpha value is -2.06. The largest absolute Gasteiger partial charge is 0.485 e. The fraction of sp³-hybridized carbons (Fsp3) is 0.467. The van der Waals surface area contributed by atoms with Gasteiger partial charge in [0.2, 0.25) is 6.19 Å². The number of ether oxygens (including phenoxy) is 1. The van der Waals surface area contributed by atoms with E-state index in [0.717, 1.165) is 16.9 Å². The van der Waals surface area contributed by atoms with Crippen LogP contribution in [0.2, 0.25) is 0 Å². The first-order valence-electron chi connectivity index (χ1n) is 6.52. The van der Waals surface area contributed by atoms with Gasteiger partial charge in [-0.1, -0.05) is 17.7 Å².